The van der Waals surface area contributed by atoms with E-state index in [2.05, 4.69) is 29.6 Å². The number of hydrogen-bond donors (Lipinski definition) is 1. The first-order valence-electron chi connectivity index (χ1n) is 7.01. The Morgan fingerprint density at radius 3 is 2.50 bits per heavy atom. The third-order valence-corrected chi connectivity index (χ3v) is 3.75. The van der Waals surface area contributed by atoms with Crippen LogP contribution in [0.25, 0.3) is 0 Å². The largest absolute Gasteiger partial charge is 0.490 e. The van der Waals surface area contributed by atoms with Crippen LogP contribution in [-0.4, -0.2) is 19.2 Å². The van der Waals surface area contributed by atoms with Crippen molar-refractivity contribution in [1.29, 1.82) is 0 Å². The second-order valence-electron chi connectivity index (χ2n) is 5.12. The maximum atomic E-state index is 12.9. The summed E-state index contributed by atoms with van der Waals surface area (Å²) in [4.78, 5) is 0. The van der Waals surface area contributed by atoms with Crippen LogP contribution in [-0.2, 0) is 0 Å². The van der Waals surface area contributed by atoms with Crippen LogP contribution in [0.15, 0.2) is 54.6 Å². The Balaban J connectivity index is 1.77. The fraction of sp³-hybridized carbons (Fsp3) is 0.294. The summed E-state index contributed by atoms with van der Waals surface area (Å²) in [6, 6.07) is 16.7. The number of rotatable bonds is 3. The van der Waals surface area contributed by atoms with E-state index in [0.29, 0.717) is 5.92 Å². The van der Waals surface area contributed by atoms with Gasteiger partial charge in [-0.2, -0.15) is 0 Å². The van der Waals surface area contributed by atoms with Crippen molar-refractivity contribution in [3.8, 4) is 5.75 Å². The Morgan fingerprint density at radius 1 is 1.00 bits per heavy atom. The van der Waals surface area contributed by atoms with E-state index in [9.17, 15) is 4.39 Å². The molecule has 1 aliphatic rings. The standard InChI is InChI=1S/C17H18FNO/c18-14-6-8-15(9-7-14)20-17-10-11-19-12-16(17)13-4-2-1-3-5-13/h1-9,16-17,19H,10-12H2/t16-,17+/m0/s1. The van der Waals surface area contributed by atoms with Crippen LogP contribution < -0.4 is 10.1 Å². The molecule has 0 spiro atoms. The molecule has 0 aliphatic carbocycles. The topological polar surface area (TPSA) is 21.3 Å². The Bertz CT molecular complexity index is 541. The average Bonchev–Trinajstić information content (AvgIpc) is 2.51. The molecular weight excluding hydrogens is 253 g/mol. The van der Waals surface area contributed by atoms with Crippen molar-refractivity contribution in [3.05, 3.63) is 66.0 Å². The molecule has 3 rings (SSSR count). The number of piperidine rings is 1. The number of ether oxygens (including phenoxy) is 1. The minimum atomic E-state index is -0.234. The van der Waals surface area contributed by atoms with Gasteiger partial charge in [-0.1, -0.05) is 30.3 Å². The normalized spacial score (nSPS) is 22.4. The van der Waals surface area contributed by atoms with Gasteiger partial charge in [-0.25, -0.2) is 4.39 Å². The maximum Gasteiger partial charge on any atom is 0.123 e. The van der Waals surface area contributed by atoms with Gasteiger partial charge in [0.1, 0.15) is 17.7 Å². The summed E-state index contributed by atoms with van der Waals surface area (Å²) in [6.45, 7) is 1.87. The molecule has 0 amide bonds. The average molecular weight is 271 g/mol. The fourth-order valence-corrected chi connectivity index (χ4v) is 2.70. The molecule has 2 atom stereocenters. The summed E-state index contributed by atoms with van der Waals surface area (Å²) >= 11 is 0. The number of hydrogen-bond acceptors (Lipinski definition) is 2. The van der Waals surface area contributed by atoms with Crippen molar-refractivity contribution in [3.63, 3.8) is 0 Å². The van der Waals surface area contributed by atoms with Crippen LogP contribution in [0.4, 0.5) is 4.39 Å². The zero-order valence-electron chi connectivity index (χ0n) is 11.3. The number of nitrogens with one attached hydrogen (secondary N) is 1. The predicted molar refractivity (Wildman–Crippen MR) is 77.5 cm³/mol. The van der Waals surface area contributed by atoms with E-state index >= 15 is 0 Å². The highest BCUT2D eigenvalue weighted by molar-refractivity contribution is 5.25. The zero-order valence-corrected chi connectivity index (χ0v) is 11.3. The lowest BCUT2D eigenvalue weighted by molar-refractivity contribution is 0.138. The van der Waals surface area contributed by atoms with Crippen LogP contribution in [0.5, 0.6) is 5.75 Å². The minimum absolute atomic E-state index is 0.129. The minimum Gasteiger partial charge on any atom is -0.490 e. The fourth-order valence-electron chi connectivity index (χ4n) is 2.70. The first-order chi connectivity index (χ1) is 9.83. The lowest BCUT2D eigenvalue weighted by Gasteiger charge is -2.32. The molecular formula is C17H18FNO. The lowest BCUT2D eigenvalue weighted by atomic mass is 9.89. The Morgan fingerprint density at radius 2 is 1.75 bits per heavy atom. The van der Waals surface area contributed by atoms with Crippen LogP contribution in [0, 0.1) is 5.82 Å². The second-order valence-corrected chi connectivity index (χ2v) is 5.12. The Labute approximate surface area is 118 Å². The molecule has 0 bridgehead atoms. The van der Waals surface area contributed by atoms with Crippen LogP contribution in [0.1, 0.15) is 17.9 Å². The van der Waals surface area contributed by atoms with Gasteiger partial charge in [0.25, 0.3) is 0 Å². The Kier molecular flexibility index (Phi) is 3.97. The molecule has 3 heteroatoms. The van der Waals surface area contributed by atoms with Crippen molar-refractivity contribution in [2.75, 3.05) is 13.1 Å². The van der Waals surface area contributed by atoms with E-state index in [0.717, 1.165) is 25.3 Å². The molecule has 104 valence electrons. The molecule has 0 aromatic heterocycles. The summed E-state index contributed by atoms with van der Waals surface area (Å²) in [7, 11) is 0. The summed E-state index contributed by atoms with van der Waals surface area (Å²) in [5.74, 6) is 0.830. The van der Waals surface area contributed by atoms with Gasteiger partial charge >= 0.3 is 0 Å². The van der Waals surface area contributed by atoms with Gasteiger partial charge < -0.3 is 10.1 Å². The molecule has 1 saturated heterocycles. The molecule has 1 aliphatic heterocycles. The SMILES string of the molecule is Fc1ccc(O[C@@H]2CCNC[C@H]2c2ccccc2)cc1. The van der Waals surface area contributed by atoms with Crippen molar-refractivity contribution >= 4 is 0 Å². The van der Waals surface area contributed by atoms with E-state index in [1.54, 1.807) is 12.1 Å². The summed E-state index contributed by atoms with van der Waals surface area (Å²) < 4.78 is 19.0. The molecule has 2 aromatic rings. The van der Waals surface area contributed by atoms with Gasteiger partial charge in [-0.3, -0.25) is 0 Å². The van der Waals surface area contributed by atoms with E-state index < -0.39 is 0 Å². The van der Waals surface area contributed by atoms with Gasteiger partial charge in [0.05, 0.1) is 0 Å². The van der Waals surface area contributed by atoms with Gasteiger partial charge in [0.2, 0.25) is 0 Å². The zero-order chi connectivity index (χ0) is 13.8. The molecule has 0 unspecified atom stereocenters. The quantitative estimate of drug-likeness (QED) is 0.924. The smallest absolute Gasteiger partial charge is 0.123 e. The number of halogens is 1. The molecule has 1 N–H and O–H groups in total. The molecule has 1 fully saturated rings. The number of benzene rings is 2. The molecule has 1 heterocycles. The second kappa shape index (κ2) is 6.06. The third-order valence-electron chi connectivity index (χ3n) is 3.75. The first kappa shape index (κ1) is 13.1. The molecule has 2 aromatic carbocycles. The van der Waals surface area contributed by atoms with Crippen LogP contribution in [0.2, 0.25) is 0 Å². The molecule has 20 heavy (non-hydrogen) atoms. The van der Waals surface area contributed by atoms with Crippen molar-refractivity contribution in [1.82, 2.24) is 5.32 Å². The summed E-state index contributed by atoms with van der Waals surface area (Å²) in [6.07, 6.45) is 1.08. The summed E-state index contributed by atoms with van der Waals surface area (Å²) in [5, 5.41) is 3.42. The van der Waals surface area contributed by atoms with E-state index in [4.69, 9.17) is 4.74 Å². The summed E-state index contributed by atoms with van der Waals surface area (Å²) in [5.41, 5.74) is 1.28. The van der Waals surface area contributed by atoms with Gasteiger partial charge in [0, 0.05) is 12.5 Å². The highest BCUT2D eigenvalue weighted by Crippen LogP contribution is 2.27. The van der Waals surface area contributed by atoms with E-state index in [1.165, 1.54) is 17.7 Å². The van der Waals surface area contributed by atoms with E-state index in [-0.39, 0.29) is 11.9 Å². The van der Waals surface area contributed by atoms with Gasteiger partial charge in [-0.15, -0.1) is 0 Å². The van der Waals surface area contributed by atoms with E-state index in [1.807, 2.05) is 6.07 Å². The lowest BCUT2D eigenvalue weighted by Crippen LogP contribution is -2.41. The first-order valence-corrected chi connectivity index (χ1v) is 7.01. The Hall–Kier alpha value is -1.87. The monoisotopic (exact) mass is 271 g/mol. The third kappa shape index (κ3) is 2.99. The van der Waals surface area contributed by atoms with Crippen LogP contribution in [0.3, 0.4) is 0 Å². The molecule has 2 nitrogen and oxygen atoms in total. The van der Waals surface area contributed by atoms with Crippen LogP contribution >= 0.6 is 0 Å². The maximum absolute atomic E-state index is 12.9. The van der Waals surface area contributed by atoms with Gasteiger partial charge in [0.15, 0.2) is 0 Å². The van der Waals surface area contributed by atoms with Gasteiger partial charge in [-0.05, 0) is 42.8 Å². The highest BCUT2D eigenvalue weighted by atomic mass is 19.1. The van der Waals surface area contributed by atoms with Crippen molar-refractivity contribution in [2.45, 2.75) is 18.4 Å². The predicted octanol–water partition coefficient (Wildman–Crippen LogP) is 3.35. The highest BCUT2D eigenvalue weighted by Gasteiger charge is 2.27. The molecule has 0 saturated carbocycles. The van der Waals surface area contributed by atoms with Crippen molar-refractivity contribution in [2.24, 2.45) is 0 Å². The molecule has 0 radical (unpaired) electrons. The van der Waals surface area contributed by atoms with Crippen molar-refractivity contribution < 1.29 is 9.13 Å².